The Labute approximate surface area is 94.0 Å². The summed E-state index contributed by atoms with van der Waals surface area (Å²) in [5.74, 6) is 1.26. The fourth-order valence-electron chi connectivity index (χ4n) is 1.22. The highest BCUT2D eigenvalue weighted by Gasteiger charge is 2.02. The van der Waals surface area contributed by atoms with E-state index in [-0.39, 0.29) is 5.70 Å². The Hall–Kier alpha value is -1.56. The van der Waals surface area contributed by atoms with Crippen LogP contribution >= 0.6 is 0 Å². The molecule has 0 bridgehead atoms. The number of allylic oxidation sites excluding steroid dienone is 1. The standard InChI is InChI=1S/C11H15NO4/c1-8(12(13)14)4-9-5-10(15-2)7-11(6-9)16-3/h4-7,12-13H,1-3H3/b8-4+. The second-order valence-corrected chi connectivity index (χ2v) is 3.28. The number of benzene rings is 1. The second kappa shape index (κ2) is 5.50. The Morgan fingerprint density at radius 2 is 1.75 bits per heavy atom. The maximum absolute atomic E-state index is 10.7. The molecule has 0 aliphatic heterocycles. The summed E-state index contributed by atoms with van der Waals surface area (Å²) in [5, 5.41) is 18.5. The molecule has 5 nitrogen and oxygen atoms in total. The summed E-state index contributed by atoms with van der Waals surface area (Å²) >= 11 is 0. The minimum atomic E-state index is -0.943. The van der Waals surface area contributed by atoms with Crippen LogP contribution in [0.15, 0.2) is 23.9 Å². The maximum Gasteiger partial charge on any atom is 0.137 e. The second-order valence-electron chi connectivity index (χ2n) is 3.28. The molecule has 0 amide bonds. The van der Waals surface area contributed by atoms with E-state index in [9.17, 15) is 5.21 Å². The summed E-state index contributed by atoms with van der Waals surface area (Å²) in [5.41, 5.74) is 0.992. The number of hydrogen-bond acceptors (Lipinski definition) is 4. The Morgan fingerprint density at radius 1 is 1.25 bits per heavy atom. The molecule has 1 rings (SSSR count). The van der Waals surface area contributed by atoms with Gasteiger partial charge in [0.25, 0.3) is 0 Å². The zero-order valence-electron chi connectivity index (χ0n) is 9.48. The van der Waals surface area contributed by atoms with Gasteiger partial charge in [-0.2, -0.15) is 5.23 Å². The van der Waals surface area contributed by atoms with Crippen LogP contribution in [0.1, 0.15) is 12.5 Å². The molecule has 0 fully saturated rings. The maximum atomic E-state index is 10.7. The van der Waals surface area contributed by atoms with Gasteiger partial charge < -0.3 is 14.7 Å². The summed E-state index contributed by atoms with van der Waals surface area (Å²) in [6.45, 7) is 1.54. The molecule has 88 valence electrons. The molecule has 16 heavy (non-hydrogen) atoms. The van der Waals surface area contributed by atoms with Crippen molar-refractivity contribution in [3.05, 3.63) is 34.7 Å². The number of hydrogen-bond donors (Lipinski definition) is 2. The topological polar surface area (TPSA) is 66.2 Å². The molecule has 1 aromatic carbocycles. The van der Waals surface area contributed by atoms with Gasteiger partial charge in [-0.15, -0.1) is 0 Å². The molecule has 0 aliphatic carbocycles. The van der Waals surface area contributed by atoms with Crippen molar-refractivity contribution >= 4 is 6.08 Å². The van der Waals surface area contributed by atoms with Crippen LogP contribution in [0.2, 0.25) is 0 Å². The van der Waals surface area contributed by atoms with E-state index in [2.05, 4.69) is 0 Å². The first-order valence-electron chi connectivity index (χ1n) is 4.71. The molecule has 0 saturated heterocycles. The number of rotatable bonds is 4. The molecule has 0 aromatic heterocycles. The normalized spacial score (nSPS) is 13.4. The number of quaternary nitrogens is 1. The van der Waals surface area contributed by atoms with Gasteiger partial charge in [-0.25, -0.2) is 5.21 Å². The summed E-state index contributed by atoms with van der Waals surface area (Å²) < 4.78 is 10.2. The van der Waals surface area contributed by atoms with Crippen molar-refractivity contribution in [3.63, 3.8) is 0 Å². The molecule has 1 unspecified atom stereocenters. The van der Waals surface area contributed by atoms with Gasteiger partial charge in [-0.3, -0.25) is 0 Å². The average molecular weight is 225 g/mol. The fraction of sp³-hybridized carbons (Fsp3) is 0.273. The number of nitrogens with one attached hydrogen (secondary N) is 1. The van der Waals surface area contributed by atoms with Crippen LogP contribution in [0, 0.1) is 5.21 Å². The molecule has 0 radical (unpaired) electrons. The van der Waals surface area contributed by atoms with E-state index in [1.54, 1.807) is 38.5 Å². The van der Waals surface area contributed by atoms with Gasteiger partial charge in [0.2, 0.25) is 0 Å². The van der Waals surface area contributed by atoms with Gasteiger partial charge in [-0.1, -0.05) is 0 Å². The van der Waals surface area contributed by atoms with Crippen LogP contribution in [-0.2, 0) is 0 Å². The van der Waals surface area contributed by atoms with E-state index >= 15 is 0 Å². The average Bonchev–Trinajstić information content (AvgIpc) is 2.28. The quantitative estimate of drug-likeness (QED) is 0.745. The first-order valence-corrected chi connectivity index (χ1v) is 4.71. The molecule has 0 saturated carbocycles. The van der Waals surface area contributed by atoms with Crippen molar-refractivity contribution < 1.29 is 19.9 Å². The molecule has 1 atom stereocenters. The van der Waals surface area contributed by atoms with Crippen molar-refractivity contribution in [1.82, 2.24) is 0 Å². The third-order valence-corrected chi connectivity index (χ3v) is 2.09. The Balaban J connectivity index is 3.08. The van der Waals surface area contributed by atoms with Crippen LogP contribution in [0.3, 0.4) is 0 Å². The lowest BCUT2D eigenvalue weighted by molar-refractivity contribution is -1.01. The van der Waals surface area contributed by atoms with Gasteiger partial charge in [-0.05, 0) is 17.7 Å². The van der Waals surface area contributed by atoms with Crippen molar-refractivity contribution in [1.29, 1.82) is 0 Å². The number of hydroxylamine groups is 2. The van der Waals surface area contributed by atoms with Crippen molar-refractivity contribution in [2.75, 3.05) is 14.2 Å². The summed E-state index contributed by atoms with van der Waals surface area (Å²) in [6, 6.07) is 5.22. The Kier molecular flexibility index (Phi) is 4.30. The van der Waals surface area contributed by atoms with Crippen LogP contribution in [0.4, 0.5) is 0 Å². The number of methoxy groups -OCH3 is 2. The van der Waals surface area contributed by atoms with Gasteiger partial charge in [0.1, 0.15) is 17.2 Å². The van der Waals surface area contributed by atoms with Crippen molar-refractivity contribution in [2.24, 2.45) is 0 Å². The fourth-order valence-corrected chi connectivity index (χ4v) is 1.22. The van der Waals surface area contributed by atoms with Gasteiger partial charge in [0.15, 0.2) is 0 Å². The Morgan fingerprint density at radius 3 is 2.12 bits per heavy atom. The summed E-state index contributed by atoms with van der Waals surface area (Å²) in [7, 11) is 3.10. The molecule has 1 aromatic rings. The van der Waals surface area contributed by atoms with Gasteiger partial charge in [0.05, 0.1) is 14.2 Å². The smallest absolute Gasteiger partial charge is 0.137 e. The lowest BCUT2D eigenvalue weighted by atomic mass is 10.1. The molecule has 0 heterocycles. The zero-order chi connectivity index (χ0) is 12.1. The first kappa shape index (κ1) is 12.5. The lowest BCUT2D eigenvalue weighted by Gasteiger charge is -2.12. The lowest BCUT2D eigenvalue weighted by Crippen LogP contribution is -3.02. The Bertz CT molecular complexity index is 365. The van der Waals surface area contributed by atoms with Crippen LogP contribution in [0.25, 0.3) is 6.08 Å². The minimum absolute atomic E-state index is 0.260. The van der Waals surface area contributed by atoms with Gasteiger partial charge in [0, 0.05) is 19.1 Å². The molecular formula is C11H15NO4. The highest BCUT2D eigenvalue weighted by Crippen LogP contribution is 2.23. The molecule has 2 N–H and O–H groups in total. The van der Waals surface area contributed by atoms with Crippen LogP contribution in [0.5, 0.6) is 11.5 Å². The van der Waals surface area contributed by atoms with E-state index in [1.165, 1.54) is 6.92 Å². The SMILES string of the molecule is COc1cc(/C=C(\C)[NH+]([O-])O)cc(OC)c1. The first-order chi connectivity index (χ1) is 7.56. The van der Waals surface area contributed by atoms with Crippen LogP contribution in [-0.4, -0.2) is 19.4 Å². The molecular weight excluding hydrogens is 210 g/mol. The summed E-state index contributed by atoms with van der Waals surface area (Å²) in [6.07, 6.45) is 1.56. The molecule has 5 heteroatoms. The van der Waals surface area contributed by atoms with E-state index in [4.69, 9.17) is 14.7 Å². The highest BCUT2D eigenvalue weighted by atomic mass is 16.8. The summed E-state index contributed by atoms with van der Waals surface area (Å²) in [4.78, 5) is 0. The van der Waals surface area contributed by atoms with Gasteiger partial charge >= 0.3 is 0 Å². The molecule has 0 spiro atoms. The van der Waals surface area contributed by atoms with Crippen molar-refractivity contribution in [2.45, 2.75) is 6.92 Å². The largest absolute Gasteiger partial charge is 0.595 e. The molecule has 0 aliphatic rings. The van der Waals surface area contributed by atoms with E-state index in [1.807, 2.05) is 0 Å². The third kappa shape index (κ3) is 3.23. The predicted molar refractivity (Wildman–Crippen MR) is 59.3 cm³/mol. The van der Waals surface area contributed by atoms with E-state index in [0.717, 1.165) is 5.56 Å². The van der Waals surface area contributed by atoms with Crippen molar-refractivity contribution in [3.8, 4) is 11.5 Å². The zero-order valence-corrected chi connectivity index (χ0v) is 9.48. The van der Waals surface area contributed by atoms with E-state index in [0.29, 0.717) is 11.5 Å². The van der Waals surface area contributed by atoms with Crippen LogP contribution < -0.4 is 14.7 Å². The van der Waals surface area contributed by atoms with E-state index < -0.39 is 5.23 Å². The monoisotopic (exact) mass is 225 g/mol. The highest BCUT2D eigenvalue weighted by molar-refractivity contribution is 5.56. The number of ether oxygens (including phenoxy) is 2. The minimum Gasteiger partial charge on any atom is -0.595 e. The third-order valence-electron chi connectivity index (χ3n) is 2.09. The predicted octanol–water partition coefficient (Wildman–Crippen LogP) is 0.836.